The van der Waals surface area contributed by atoms with Crippen LogP contribution in [0.2, 0.25) is 0 Å². The molecule has 0 radical (unpaired) electrons. The van der Waals surface area contributed by atoms with Gasteiger partial charge in [0, 0.05) is 30.9 Å². The van der Waals surface area contributed by atoms with Crippen LogP contribution < -0.4 is 10.6 Å². The Kier molecular flexibility index (Phi) is 9.06. The third-order valence-corrected chi connectivity index (χ3v) is 4.35. The summed E-state index contributed by atoms with van der Waals surface area (Å²) in [6.45, 7) is 11.3. The van der Waals surface area contributed by atoms with Crippen LogP contribution in [0.15, 0.2) is 4.99 Å². The lowest BCUT2D eigenvalue weighted by atomic mass is 10.2. The molecule has 1 rings (SSSR count). The number of hydrogen-bond acceptors (Lipinski definition) is 3. The molecule has 0 aliphatic rings. The van der Waals surface area contributed by atoms with Crippen molar-refractivity contribution >= 4 is 17.3 Å². The first-order valence-corrected chi connectivity index (χ1v) is 9.00. The average molecular weight is 311 g/mol. The molecule has 0 atom stereocenters. The Bertz CT molecular complexity index is 426. The van der Waals surface area contributed by atoms with E-state index in [1.165, 1.54) is 34.8 Å². The number of aryl methyl sites for hydroxylation is 2. The zero-order valence-corrected chi connectivity index (χ0v) is 14.8. The van der Waals surface area contributed by atoms with Crippen LogP contribution >= 0.6 is 11.3 Å². The van der Waals surface area contributed by atoms with Gasteiger partial charge in [-0.25, -0.2) is 4.98 Å². The summed E-state index contributed by atoms with van der Waals surface area (Å²) in [7, 11) is 0. The molecule has 5 heteroatoms. The Morgan fingerprint density at radius 1 is 1.19 bits per heavy atom. The molecule has 0 bridgehead atoms. The molecule has 2 N–H and O–H groups in total. The molecule has 1 heterocycles. The first kappa shape index (κ1) is 18.0. The van der Waals surface area contributed by atoms with Gasteiger partial charge in [0.1, 0.15) is 0 Å². The van der Waals surface area contributed by atoms with Gasteiger partial charge in [0.25, 0.3) is 0 Å². The number of rotatable bonds is 9. The van der Waals surface area contributed by atoms with Crippen LogP contribution in [0.1, 0.15) is 55.6 Å². The van der Waals surface area contributed by atoms with E-state index in [0.717, 1.165) is 38.4 Å². The van der Waals surface area contributed by atoms with Gasteiger partial charge >= 0.3 is 0 Å². The molecular weight excluding hydrogens is 280 g/mol. The minimum atomic E-state index is 0.885. The van der Waals surface area contributed by atoms with Crippen molar-refractivity contribution in [3.05, 3.63) is 15.6 Å². The summed E-state index contributed by atoms with van der Waals surface area (Å²) in [6.07, 6.45) is 5.64. The Morgan fingerprint density at radius 3 is 2.62 bits per heavy atom. The fourth-order valence-electron chi connectivity index (χ4n) is 2.10. The zero-order valence-electron chi connectivity index (χ0n) is 14.0. The highest BCUT2D eigenvalue weighted by Crippen LogP contribution is 2.17. The van der Waals surface area contributed by atoms with Gasteiger partial charge in [-0.15, -0.1) is 11.3 Å². The second-order valence-electron chi connectivity index (χ2n) is 5.11. The summed E-state index contributed by atoms with van der Waals surface area (Å²) in [5, 5.41) is 7.91. The first-order valence-electron chi connectivity index (χ1n) is 8.18. The smallest absolute Gasteiger partial charge is 0.191 e. The normalized spacial score (nSPS) is 11.7. The maximum Gasteiger partial charge on any atom is 0.191 e. The van der Waals surface area contributed by atoms with E-state index in [-0.39, 0.29) is 0 Å². The molecule has 0 saturated carbocycles. The number of nitrogens with zero attached hydrogens (tertiary/aromatic N) is 2. The van der Waals surface area contributed by atoms with Gasteiger partial charge in [-0.2, -0.15) is 0 Å². The number of aromatic nitrogens is 1. The molecular formula is C16H30N4S. The van der Waals surface area contributed by atoms with Gasteiger partial charge in [-0.1, -0.05) is 26.7 Å². The van der Waals surface area contributed by atoms with Crippen LogP contribution in [0.3, 0.4) is 0 Å². The summed E-state index contributed by atoms with van der Waals surface area (Å²) in [4.78, 5) is 10.6. The Hall–Kier alpha value is -1.10. The molecule has 120 valence electrons. The SMILES string of the molecule is CCCCCN=C(NCC)NCCc1nc(CC)c(C)s1. The number of hydrogen-bond donors (Lipinski definition) is 2. The lowest BCUT2D eigenvalue weighted by molar-refractivity contribution is 0.716. The standard InChI is InChI=1S/C16H30N4S/c1-5-8-9-11-18-16(17-7-3)19-12-10-15-20-14(6-2)13(4)21-15/h5-12H2,1-4H3,(H2,17,18,19). The number of nitrogens with one attached hydrogen (secondary N) is 2. The highest BCUT2D eigenvalue weighted by atomic mass is 32.1. The zero-order chi connectivity index (χ0) is 15.5. The second-order valence-corrected chi connectivity index (χ2v) is 6.40. The summed E-state index contributed by atoms with van der Waals surface area (Å²) >= 11 is 1.82. The van der Waals surface area contributed by atoms with Crippen molar-refractivity contribution in [1.29, 1.82) is 0 Å². The van der Waals surface area contributed by atoms with Gasteiger partial charge in [-0.05, 0) is 26.7 Å². The molecule has 0 aliphatic heterocycles. The third-order valence-electron chi connectivity index (χ3n) is 3.28. The van der Waals surface area contributed by atoms with E-state index in [1.807, 2.05) is 11.3 Å². The van der Waals surface area contributed by atoms with Crippen LogP contribution in [-0.2, 0) is 12.8 Å². The van der Waals surface area contributed by atoms with Crippen molar-refractivity contribution < 1.29 is 0 Å². The monoisotopic (exact) mass is 310 g/mol. The fraction of sp³-hybridized carbons (Fsp3) is 0.750. The lowest BCUT2D eigenvalue weighted by Gasteiger charge is -2.10. The van der Waals surface area contributed by atoms with E-state index < -0.39 is 0 Å². The van der Waals surface area contributed by atoms with E-state index in [4.69, 9.17) is 0 Å². The van der Waals surface area contributed by atoms with Crippen LogP contribution in [0, 0.1) is 6.92 Å². The minimum absolute atomic E-state index is 0.885. The minimum Gasteiger partial charge on any atom is -0.357 e. The third kappa shape index (κ3) is 6.93. The van der Waals surface area contributed by atoms with Gasteiger partial charge < -0.3 is 10.6 Å². The Labute approximate surface area is 133 Å². The molecule has 0 aromatic carbocycles. The molecule has 1 aromatic rings. The summed E-state index contributed by atoms with van der Waals surface area (Å²) in [5.41, 5.74) is 1.25. The lowest BCUT2D eigenvalue weighted by Crippen LogP contribution is -2.38. The second kappa shape index (κ2) is 10.6. The fourth-order valence-corrected chi connectivity index (χ4v) is 3.13. The summed E-state index contributed by atoms with van der Waals surface area (Å²) < 4.78 is 0. The van der Waals surface area contributed by atoms with E-state index in [0.29, 0.717) is 0 Å². The number of guanidine groups is 1. The number of thiazole rings is 1. The molecule has 21 heavy (non-hydrogen) atoms. The van der Waals surface area contributed by atoms with Crippen molar-refractivity contribution in [1.82, 2.24) is 15.6 Å². The largest absolute Gasteiger partial charge is 0.357 e. The summed E-state index contributed by atoms with van der Waals surface area (Å²) in [5.74, 6) is 0.928. The van der Waals surface area contributed by atoms with Crippen LogP contribution in [0.5, 0.6) is 0 Å². The van der Waals surface area contributed by atoms with Gasteiger partial charge in [0.2, 0.25) is 0 Å². The van der Waals surface area contributed by atoms with Crippen molar-refractivity contribution in [2.45, 2.75) is 59.8 Å². The number of unbranched alkanes of at least 4 members (excludes halogenated alkanes) is 2. The van der Waals surface area contributed by atoms with Gasteiger partial charge in [0.05, 0.1) is 10.7 Å². The topological polar surface area (TPSA) is 49.3 Å². The predicted molar refractivity (Wildman–Crippen MR) is 93.4 cm³/mol. The van der Waals surface area contributed by atoms with E-state index in [1.54, 1.807) is 0 Å². The molecule has 0 aliphatic carbocycles. The molecule has 0 unspecified atom stereocenters. The maximum absolute atomic E-state index is 4.68. The van der Waals surface area contributed by atoms with E-state index in [9.17, 15) is 0 Å². The van der Waals surface area contributed by atoms with Crippen molar-refractivity contribution in [2.75, 3.05) is 19.6 Å². The first-order chi connectivity index (χ1) is 10.2. The van der Waals surface area contributed by atoms with Crippen LogP contribution in [0.25, 0.3) is 0 Å². The Morgan fingerprint density at radius 2 is 2.00 bits per heavy atom. The van der Waals surface area contributed by atoms with Gasteiger partial charge in [0.15, 0.2) is 5.96 Å². The summed E-state index contributed by atoms with van der Waals surface area (Å²) in [6, 6.07) is 0. The highest BCUT2D eigenvalue weighted by Gasteiger charge is 2.05. The van der Waals surface area contributed by atoms with Gasteiger partial charge in [-0.3, -0.25) is 4.99 Å². The van der Waals surface area contributed by atoms with Crippen LogP contribution in [-0.4, -0.2) is 30.6 Å². The molecule has 0 saturated heterocycles. The highest BCUT2D eigenvalue weighted by molar-refractivity contribution is 7.11. The molecule has 0 fully saturated rings. The van der Waals surface area contributed by atoms with Crippen molar-refractivity contribution in [2.24, 2.45) is 4.99 Å². The maximum atomic E-state index is 4.68. The van der Waals surface area contributed by atoms with Crippen LogP contribution in [0.4, 0.5) is 0 Å². The Balaban J connectivity index is 2.38. The molecule has 1 aromatic heterocycles. The van der Waals surface area contributed by atoms with E-state index >= 15 is 0 Å². The molecule has 0 spiro atoms. The molecule has 0 amide bonds. The average Bonchev–Trinajstić information content (AvgIpc) is 2.83. The van der Waals surface area contributed by atoms with Crippen molar-refractivity contribution in [3.8, 4) is 0 Å². The van der Waals surface area contributed by atoms with E-state index in [2.05, 4.69) is 48.3 Å². The molecule has 4 nitrogen and oxygen atoms in total. The number of aliphatic imine (C=N–C) groups is 1. The quantitative estimate of drug-likeness (QED) is 0.418. The predicted octanol–water partition coefficient (Wildman–Crippen LogP) is 3.30. The van der Waals surface area contributed by atoms with Crippen molar-refractivity contribution in [3.63, 3.8) is 0 Å².